The van der Waals surface area contributed by atoms with Crippen molar-refractivity contribution in [2.45, 2.75) is 38.1 Å². The maximum atomic E-state index is 12.3. The summed E-state index contributed by atoms with van der Waals surface area (Å²) >= 11 is 0. The number of methoxy groups -OCH3 is 1. The molecule has 2 rings (SSSR count). The molecule has 0 saturated heterocycles. The number of nitrogens with two attached hydrogens (primary N) is 1. The van der Waals surface area contributed by atoms with Crippen LogP contribution in [0.3, 0.4) is 0 Å². The zero-order valence-corrected chi connectivity index (χ0v) is 13.6. The molecule has 0 unspecified atom stereocenters. The lowest BCUT2D eigenvalue weighted by atomic mass is 9.95. The van der Waals surface area contributed by atoms with E-state index in [-0.39, 0.29) is 29.9 Å². The number of rotatable bonds is 5. The molecular weight excluding hydrogens is 312 g/mol. The van der Waals surface area contributed by atoms with Crippen LogP contribution in [0, 0.1) is 0 Å². The Bertz CT molecular complexity index is 627. The number of hydrogen-bond donors (Lipinski definition) is 3. The zero-order chi connectivity index (χ0) is 17.5. The molecule has 4 N–H and O–H groups in total. The maximum Gasteiger partial charge on any atom is 0.280 e. The Morgan fingerprint density at radius 2 is 1.96 bits per heavy atom. The van der Waals surface area contributed by atoms with Gasteiger partial charge in [0.15, 0.2) is 11.4 Å². The average Bonchev–Trinajstić information content (AvgIpc) is 2.61. The minimum absolute atomic E-state index is 0.0754. The molecule has 0 aliphatic heterocycles. The Morgan fingerprint density at radius 3 is 2.58 bits per heavy atom. The molecule has 1 aromatic heterocycles. The number of carbonyl (C=O) groups excluding carboxylic acids is 3. The van der Waals surface area contributed by atoms with Crippen molar-refractivity contribution in [3.8, 4) is 5.75 Å². The quantitative estimate of drug-likeness (QED) is 0.715. The summed E-state index contributed by atoms with van der Waals surface area (Å²) in [5.74, 6) is -1.48. The number of aromatic nitrogens is 1. The van der Waals surface area contributed by atoms with Gasteiger partial charge in [0.05, 0.1) is 19.2 Å². The molecule has 0 spiro atoms. The van der Waals surface area contributed by atoms with Crippen LogP contribution in [0.1, 0.15) is 53.0 Å². The van der Waals surface area contributed by atoms with E-state index in [1.807, 2.05) is 0 Å². The van der Waals surface area contributed by atoms with Gasteiger partial charge in [0, 0.05) is 12.2 Å². The van der Waals surface area contributed by atoms with E-state index in [0.717, 1.165) is 25.7 Å². The molecule has 1 aliphatic rings. The third-order valence-electron chi connectivity index (χ3n) is 3.93. The van der Waals surface area contributed by atoms with Crippen LogP contribution in [0.4, 0.5) is 0 Å². The lowest BCUT2D eigenvalue weighted by Crippen LogP contribution is -2.37. The second-order valence-corrected chi connectivity index (χ2v) is 5.66. The molecular formula is C16H22N4O4. The molecule has 1 saturated carbocycles. The summed E-state index contributed by atoms with van der Waals surface area (Å²) in [7, 11) is 1.36. The summed E-state index contributed by atoms with van der Waals surface area (Å²) in [4.78, 5) is 39.4. The Hall–Kier alpha value is -2.48. The Kier molecular flexibility index (Phi) is 6.25. The Labute approximate surface area is 140 Å². The first-order chi connectivity index (χ1) is 11.5. The average molecular weight is 334 g/mol. The molecule has 1 aliphatic carbocycles. The van der Waals surface area contributed by atoms with Crippen LogP contribution in [0.5, 0.6) is 5.75 Å². The third kappa shape index (κ3) is 4.51. The minimum Gasteiger partial charge on any atom is -0.494 e. The number of pyridine rings is 1. The van der Waals surface area contributed by atoms with Gasteiger partial charge in [-0.1, -0.05) is 19.3 Å². The van der Waals surface area contributed by atoms with Crippen molar-refractivity contribution >= 4 is 17.7 Å². The molecule has 0 radical (unpaired) electrons. The standard InChI is InChI=1S/C16H22N4O4/c1-24-12-7-10(15(22)19-11-5-3-2-4-6-11)9-18-14(12)16(23)20-13(21)8-17/h7,9,11H,2-6,8,17H2,1H3,(H,19,22)(H,20,21,23). The first-order valence-electron chi connectivity index (χ1n) is 7.94. The van der Waals surface area contributed by atoms with E-state index in [0.29, 0.717) is 5.56 Å². The summed E-state index contributed by atoms with van der Waals surface area (Å²) in [6, 6.07) is 1.61. The number of nitrogens with zero attached hydrogens (tertiary/aromatic N) is 1. The van der Waals surface area contributed by atoms with Gasteiger partial charge in [-0.15, -0.1) is 0 Å². The second-order valence-electron chi connectivity index (χ2n) is 5.66. The Morgan fingerprint density at radius 1 is 1.25 bits per heavy atom. The van der Waals surface area contributed by atoms with Gasteiger partial charge < -0.3 is 15.8 Å². The summed E-state index contributed by atoms with van der Waals surface area (Å²) in [6.07, 6.45) is 6.66. The van der Waals surface area contributed by atoms with Gasteiger partial charge in [0.1, 0.15) is 0 Å². The number of nitrogens with one attached hydrogen (secondary N) is 2. The summed E-state index contributed by atoms with van der Waals surface area (Å²) in [5, 5.41) is 5.06. The highest BCUT2D eigenvalue weighted by Crippen LogP contribution is 2.20. The zero-order valence-electron chi connectivity index (χ0n) is 13.6. The van der Waals surface area contributed by atoms with E-state index in [1.165, 1.54) is 25.8 Å². The number of amides is 3. The molecule has 8 nitrogen and oxygen atoms in total. The molecule has 0 aromatic carbocycles. The predicted molar refractivity (Wildman–Crippen MR) is 86.7 cm³/mol. The van der Waals surface area contributed by atoms with Gasteiger partial charge in [-0.25, -0.2) is 4.98 Å². The molecule has 1 heterocycles. The van der Waals surface area contributed by atoms with E-state index in [2.05, 4.69) is 15.6 Å². The number of carbonyl (C=O) groups is 3. The normalized spacial score (nSPS) is 14.8. The van der Waals surface area contributed by atoms with Crippen molar-refractivity contribution in [3.05, 3.63) is 23.5 Å². The van der Waals surface area contributed by atoms with E-state index in [9.17, 15) is 14.4 Å². The van der Waals surface area contributed by atoms with Crippen LogP contribution >= 0.6 is 0 Å². The number of ether oxygens (including phenoxy) is 1. The van der Waals surface area contributed by atoms with Crippen molar-refractivity contribution in [3.63, 3.8) is 0 Å². The summed E-state index contributed by atoms with van der Waals surface area (Å²) < 4.78 is 5.12. The van der Waals surface area contributed by atoms with Crippen LogP contribution in [0.15, 0.2) is 12.3 Å². The van der Waals surface area contributed by atoms with Crippen molar-refractivity contribution in [1.29, 1.82) is 0 Å². The predicted octanol–water partition coefficient (Wildman–Crippen LogP) is 0.368. The van der Waals surface area contributed by atoms with Crippen LogP contribution < -0.4 is 21.1 Å². The lowest BCUT2D eigenvalue weighted by molar-refractivity contribution is -0.118. The first kappa shape index (κ1) is 17.9. The minimum atomic E-state index is -0.721. The largest absolute Gasteiger partial charge is 0.494 e. The van der Waals surface area contributed by atoms with Gasteiger partial charge in [-0.3, -0.25) is 19.7 Å². The fourth-order valence-corrected chi connectivity index (χ4v) is 2.65. The monoisotopic (exact) mass is 334 g/mol. The molecule has 130 valence electrons. The summed E-state index contributed by atoms with van der Waals surface area (Å²) in [6.45, 7) is -0.310. The van der Waals surface area contributed by atoms with Crippen molar-refractivity contribution in [2.75, 3.05) is 13.7 Å². The first-order valence-corrected chi connectivity index (χ1v) is 7.94. The molecule has 0 atom stereocenters. The smallest absolute Gasteiger partial charge is 0.280 e. The lowest BCUT2D eigenvalue weighted by Gasteiger charge is -2.22. The highest BCUT2D eigenvalue weighted by Gasteiger charge is 2.21. The molecule has 24 heavy (non-hydrogen) atoms. The van der Waals surface area contributed by atoms with Gasteiger partial charge in [-0.05, 0) is 18.9 Å². The SMILES string of the molecule is COc1cc(C(=O)NC2CCCCC2)cnc1C(=O)NC(=O)CN. The molecule has 1 aromatic rings. The van der Waals surface area contributed by atoms with Gasteiger partial charge in [0.25, 0.3) is 11.8 Å². The van der Waals surface area contributed by atoms with Crippen LogP contribution in [0.2, 0.25) is 0 Å². The molecule has 1 fully saturated rings. The van der Waals surface area contributed by atoms with E-state index in [1.54, 1.807) is 0 Å². The number of imide groups is 1. The van der Waals surface area contributed by atoms with Crippen LogP contribution in [0.25, 0.3) is 0 Å². The molecule has 3 amide bonds. The highest BCUT2D eigenvalue weighted by atomic mass is 16.5. The fraction of sp³-hybridized carbons (Fsp3) is 0.500. The van der Waals surface area contributed by atoms with E-state index in [4.69, 9.17) is 10.5 Å². The second kappa shape index (κ2) is 8.39. The van der Waals surface area contributed by atoms with Gasteiger partial charge in [-0.2, -0.15) is 0 Å². The summed E-state index contributed by atoms with van der Waals surface area (Å²) in [5.41, 5.74) is 5.38. The Balaban J connectivity index is 2.11. The van der Waals surface area contributed by atoms with Gasteiger partial charge in [0.2, 0.25) is 5.91 Å². The topological polar surface area (TPSA) is 123 Å². The van der Waals surface area contributed by atoms with Crippen LogP contribution in [-0.4, -0.2) is 42.4 Å². The van der Waals surface area contributed by atoms with E-state index >= 15 is 0 Å². The van der Waals surface area contributed by atoms with Crippen molar-refractivity contribution in [2.24, 2.45) is 5.73 Å². The third-order valence-corrected chi connectivity index (χ3v) is 3.93. The van der Waals surface area contributed by atoms with Crippen LogP contribution in [-0.2, 0) is 4.79 Å². The molecule has 8 heteroatoms. The van der Waals surface area contributed by atoms with Gasteiger partial charge >= 0.3 is 0 Å². The van der Waals surface area contributed by atoms with Crippen molar-refractivity contribution in [1.82, 2.24) is 15.6 Å². The van der Waals surface area contributed by atoms with Crippen molar-refractivity contribution < 1.29 is 19.1 Å². The maximum absolute atomic E-state index is 12.3. The van der Waals surface area contributed by atoms with E-state index < -0.39 is 11.8 Å². The molecule has 0 bridgehead atoms. The highest BCUT2D eigenvalue weighted by molar-refractivity contribution is 6.06. The number of hydrogen-bond acceptors (Lipinski definition) is 6. The fourth-order valence-electron chi connectivity index (χ4n) is 2.65.